The smallest absolute Gasteiger partial charge is 0.351 e. The van der Waals surface area contributed by atoms with Gasteiger partial charge >= 0.3 is 5.69 Å². The summed E-state index contributed by atoms with van der Waals surface area (Å²) in [6, 6.07) is 8.60. The molecule has 38 heavy (non-hydrogen) atoms. The van der Waals surface area contributed by atoms with Crippen molar-refractivity contribution in [3.63, 3.8) is 0 Å². The van der Waals surface area contributed by atoms with Crippen molar-refractivity contribution in [2.45, 2.75) is 82.0 Å². The van der Waals surface area contributed by atoms with Gasteiger partial charge in [0.15, 0.2) is 0 Å². The van der Waals surface area contributed by atoms with Crippen LogP contribution >= 0.6 is 0 Å². The highest BCUT2D eigenvalue weighted by atomic mass is 16.5. The Bertz CT molecular complexity index is 1500. The Hall–Kier alpha value is -3.11. The fraction of sp³-hybridized carbons (Fsp3) is 0.607. The predicted molar refractivity (Wildman–Crippen MR) is 142 cm³/mol. The molecular formula is C28H34N6O4. The fourth-order valence-electron chi connectivity index (χ4n) is 7.98. The van der Waals surface area contributed by atoms with Gasteiger partial charge in [0.1, 0.15) is 6.20 Å². The summed E-state index contributed by atoms with van der Waals surface area (Å²) in [4.78, 5) is 47.5. The number of para-hydroxylation sites is 2. The topological polar surface area (TPSA) is 115 Å². The average molecular weight is 519 g/mol. The molecule has 2 aliphatic heterocycles. The third-order valence-corrected chi connectivity index (χ3v) is 9.38. The van der Waals surface area contributed by atoms with E-state index in [4.69, 9.17) is 4.74 Å². The second-order valence-electron chi connectivity index (χ2n) is 11.7. The molecule has 10 nitrogen and oxygen atoms in total. The zero-order valence-corrected chi connectivity index (χ0v) is 21.5. The Labute approximate surface area is 219 Å². The molecule has 4 aliphatic rings. The zero-order valence-electron chi connectivity index (χ0n) is 21.5. The van der Waals surface area contributed by atoms with Crippen LogP contribution in [0.4, 0.5) is 0 Å². The lowest BCUT2D eigenvalue weighted by atomic mass is 9.75. The summed E-state index contributed by atoms with van der Waals surface area (Å²) in [5, 5.41) is 3.92. The molecule has 2 saturated carbocycles. The first-order valence-electron chi connectivity index (χ1n) is 14.1. The van der Waals surface area contributed by atoms with Crippen LogP contribution in [0.1, 0.15) is 63.8 Å². The van der Waals surface area contributed by atoms with Crippen LogP contribution in [-0.2, 0) is 4.74 Å². The third kappa shape index (κ3) is 4.14. The van der Waals surface area contributed by atoms with Crippen molar-refractivity contribution in [2.75, 3.05) is 13.2 Å². The normalized spacial score (nSPS) is 31.7. The number of ether oxygens (including phenoxy) is 1. The van der Waals surface area contributed by atoms with E-state index in [9.17, 15) is 14.4 Å². The molecule has 7 rings (SSSR count). The molecule has 4 bridgehead atoms. The molecule has 3 aromatic rings. The van der Waals surface area contributed by atoms with Crippen molar-refractivity contribution >= 4 is 11.0 Å². The van der Waals surface area contributed by atoms with E-state index in [1.54, 1.807) is 0 Å². The van der Waals surface area contributed by atoms with Gasteiger partial charge in [-0.1, -0.05) is 37.8 Å². The van der Waals surface area contributed by atoms with Gasteiger partial charge in [0.2, 0.25) is 5.82 Å². The van der Waals surface area contributed by atoms with E-state index in [0.29, 0.717) is 24.8 Å². The van der Waals surface area contributed by atoms with E-state index in [1.807, 2.05) is 28.8 Å². The number of aromatic amines is 1. The lowest BCUT2D eigenvalue weighted by Gasteiger charge is -2.54. The molecule has 4 heterocycles. The van der Waals surface area contributed by atoms with Crippen LogP contribution in [0.5, 0.6) is 0 Å². The number of benzene rings is 1. The van der Waals surface area contributed by atoms with Crippen LogP contribution in [0.25, 0.3) is 16.9 Å². The van der Waals surface area contributed by atoms with Crippen LogP contribution < -0.4 is 16.8 Å². The number of piperidine rings is 1. The van der Waals surface area contributed by atoms with Gasteiger partial charge in [-0.3, -0.25) is 19.5 Å². The van der Waals surface area contributed by atoms with Gasteiger partial charge in [-0.05, 0) is 56.1 Å². The second kappa shape index (κ2) is 9.57. The predicted octanol–water partition coefficient (Wildman–Crippen LogP) is 2.39. The molecule has 2 unspecified atom stereocenters. The van der Waals surface area contributed by atoms with E-state index in [2.05, 4.69) is 20.0 Å². The first-order valence-corrected chi connectivity index (χ1v) is 14.1. The molecule has 1 aromatic carbocycles. The standard InChI is InChI=1S/C28H34N6O4/c35-25-14-29-34(28(37)31-25)26-27(36)33(24-8-4-3-7-23(24)30-26)20-12-21-15-38-16-22(13-20)32(21)19-10-17-5-1-2-6-18(9-17)11-19/h3-4,7-8,14,17-22H,1-2,5-6,9-13,15-16H2,(H,31,35,37)/t17-,18+,19?,20?,21-,22+. The van der Waals surface area contributed by atoms with Crippen molar-refractivity contribution in [2.24, 2.45) is 11.8 Å². The minimum absolute atomic E-state index is 0.0476. The first kappa shape index (κ1) is 24.0. The van der Waals surface area contributed by atoms with Gasteiger partial charge in [-0.15, -0.1) is 0 Å². The van der Waals surface area contributed by atoms with Crippen LogP contribution in [-0.4, -0.2) is 60.6 Å². The Balaban J connectivity index is 1.27. The Morgan fingerprint density at radius 2 is 1.55 bits per heavy atom. The zero-order chi connectivity index (χ0) is 25.8. The highest BCUT2D eigenvalue weighted by Gasteiger charge is 2.45. The van der Waals surface area contributed by atoms with Crippen molar-refractivity contribution in [3.8, 4) is 5.82 Å². The van der Waals surface area contributed by atoms with Crippen molar-refractivity contribution in [3.05, 3.63) is 61.7 Å². The van der Waals surface area contributed by atoms with Crippen LogP contribution in [0.15, 0.2) is 44.8 Å². The maximum Gasteiger partial charge on any atom is 0.351 e. The van der Waals surface area contributed by atoms with Crippen LogP contribution in [0.2, 0.25) is 0 Å². The average Bonchev–Trinajstić information content (AvgIpc) is 3.07. The number of hydrogen-bond donors (Lipinski definition) is 1. The number of aromatic nitrogens is 5. The molecule has 2 saturated heterocycles. The van der Waals surface area contributed by atoms with Gasteiger partial charge in [0.25, 0.3) is 11.1 Å². The minimum atomic E-state index is -0.775. The van der Waals surface area contributed by atoms with Gasteiger partial charge in [0, 0.05) is 24.2 Å². The molecule has 200 valence electrons. The Morgan fingerprint density at radius 3 is 2.26 bits per heavy atom. The van der Waals surface area contributed by atoms with Crippen molar-refractivity contribution in [1.82, 2.24) is 29.2 Å². The second-order valence-corrected chi connectivity index (χ2v) is 11.7. The lowest BCUT2D eigenvalue weighted by molar-refractivity contribution is -0.116. The number of morpholine rings is 1. The highest BCUT2D eigenvalue weighted by molar-refractivity contribution is 5.75. The largest absolute Gasteiger partial charge is 0.378 e. The fourth-order valence-corrected chi connectivity index (χ4v) is 7.98. The highest BCUT2D eigenvalue weighted by Crippen LogP contribution is 2.44. The summed E-state index contributed by atoms with van der Waals surface area (Å²) in [6.07, 6.45) is 12.1. The molecule has 0 radical (unpaired) electrons. The lowest BCUT2D eigenvalue weighted by Crippen LogP contribution is -2.62. The Morgan fingerprint density at radius 1 is 0.842 bits per heavy atom. The minimum Gasteiger partial charge on any atom is -0.378 e. The molecule has 0 spiro atoms. The van der Waals surface area contributed by atoms with E-state index in [1.165, 1.54) is 44.9 Å². The summed E-state index contributed by atoms with van der Waals surface area (Å²) < 4.78 is 8.79. The van der Waals surface area contributed by atoms with Gasteiger partial charge in [-0.25, -0.2) is 9.78 Å². The van der Waals surface area contributed by atoms with Crippen LogP contribution in [0.3, 0.4) is 0 Å². The van der Waals surface area contributed by atoms with Crippen LogP contribution in [0, 0.1) is 11.8 Å². The third-order valence-electron chi connectivity index (χ3n) is 9.38. The first-order chi connectivity index (χ1) is 18.5. The summed E-state index contributed by atoms with van der Waals surface area (Å²) in [6.45, 7) is 1.37. The number of fused-ring (bicyclic) bond motifs is 5. The van der Waals surface area contributed by atoms with Crippen molar-refractivity contribution in [1.29, 1.82) is 0 Å². The van der Waals surface area contributed by atoms with Gasteiger partial charge in [0.05, 0.1) is 24.2 Å². The monoisotopic (exact) mass is 518 g/mol. The molecule has 10 heteroatoms. The molecule has 0 amide bonds. The van der Waals surface area contributed by atoms with E-state index >= 15 is 0 Å². The number of nitrogens with zero attached hydrogens (tertiary/aromatic N) is 5. The molecule has 4 fully saturated rings. The molecular weight excluding hydrogens is 484 g/mol. The summed E-state index contributed by atoms with van der Waals surface area (Å²) in [5.41, 5.74) is -0.397. The molecule has 2 aromatic heterocycles. The SMILES string of the molecule is O=c1cnn(-c2nc3ccccc3n(C3C[C@H]4COC[C@@H](C3)N4C3C[C@H]4CCCC[C@@H](C3)C4)c2=O)c(=O)[nH]1. The number of H-pyrrole nitrogens is 1. The van der Waals surface area contributed by atoms with Crippen molar-refractivity contribution < 1.29 is 4.74 Å². The van der Waals surface area contributed by atoms with Gasteiger partial charge in [-0.2, -0.15) is 9.78 Å². The number of hydrogen-bond acceptors (Lipinski definition) is 7. The molecule has 1 N–H and O–H groups in total. The Kier molecular flexibility index (Phi) is 6.04. The summed E-state index contributed by atoms with van der Waals surface area (Å²) in [5.74, 6) is 1.60. The quantitative estimate of drug-likeness (QED) is 0.566. The number of nitrogens with one attached hydrogen (secondary N) is 1. The number of rotatable bonds is 3. The summed E-state index contributed by atoms with van der Waals surface area (Å²) >= 11 is 0. The maximum absolute atomic E-state index is 14.0. The summed E-state index contributed by atoms with van der Waals surface area (Å²) in [7, 11) is 0. The maximum atomic E-state index is 14.0. The van der Waals surface area contributed by atoms with Gasteiger partial charge < -0.3 is 9.30 Å². The van der Waals surface area contributed by atoms with E-state index in [0.717, 1.165) is 41.1 Å². The van der Waals surface area contributed by atoms with E-state index in [-0.39, 0.29) is 29.5 Å². The van der Waals surface area contributed by atoms with E-state index < -0.39 is 11.2 Å². The molecule has 2 aliphatic carbocycles. The molecule has 6 atom stereocenters.